The van der Waals surface area contributed by atoms with Gasteiger partial charge in [0.05, 0.1) is 38.9 Å². The molecule has 0 radical (unpaired) electrons. The monoisotopic (exact) mass is 887 g/mol. The third-order valence-electron chi connectivity index (χ3n) is 13.2. The summed E-state index contributed by atoms with van der Waals surface area (Å²) in [5.41, 5.74) is 16.0. The normalized spacial score (nSPS) is 13.7. The first-order valence-electron chi connectivity index (χ1n) is 23.1. The van der Waals surface area contributed by atoms with Gasteiger partial charge in [0.15, 0.2) is 11.6 Å². The van der Waals surface area contributed by atoms with Crippen molar-refractivity contribution in [3.05, 3.63) is 236 Å². The molecule has 0 fully saturated rings. The van der Waals surface area contributed by atoms with Crippen LogP contribution in [0.5, 0.6) is 0 Å². The average Bonchev–Trinajstić information content (AvgIpc) is 3.97. The van der Waals surface area contributed by atoms with E-state index in [0.717, 1.165) is 83.9 Å². The summed E-state index contributed by atoms with van der Waals surface area (Å²) in [6, 6.07) is 75.1. The molecule has 0 N–H and O–H groups in total. The van der Waals surface area contributed by atoms with Crippen LogP contribution in [0.15, 0.2) is 231 Å². The van der Waals surface area contributed by atoms with E-state index in [-0.39, 0.29) is 6.04 Å². The van der Waals surface area contributed by atoms with Crippen LogP contribution in [-0.4, -0.2) is 24.5 Å². The maximum Gasteiger partial charge on any atom is 0.160 e. The molecule has 1 aliphatic carbocycles. The summed E-state index contributed by atoms with van der Waals surface area (Å²) < 4.78 is 4.86. The second kappa shape index (κ2) is 16.7. The number of hydrogen-bond acceptors (Lipinski definition) is 5. The van der Waals surface area contributed by atoms with Gasteiger partial charge < -0.3 is 4.57 Å². The van der Waals surface area contributed by atoms with Crippen LogP contribution < -0.4 is 0 Å². The molecule has 8 aromatic carbocycles. The van der Waals surface area contributed by atoms with Gasteiger partial charge in [0, 0.05) is 55.0 Å². The van der Waals surface area contributed by atoms with Crippen molar-refractivity contribution >= 4 is 59.0 Å². The van der Waals surface area contributed by atoms with E-state index in [2.05, 4.69) is 223 Å². The Bertz CT molecular complexity index is 3870. The van der Waals surface area contributed by atoms with E-state index < -0.39 is 0 Å². The quantitative estimate of drug-likeness (QED) is 0.153. The lowest BCUT2D eigenvalue weighted by molar-refractivity contribution is 0.654. The fraction of sp³-hybridized carbons (Fsp3) is 0.0323. The van der Waals surface area contributed by atoms with Crippen molar-refractivity contribution in [2.75, 3.05) is 0 Å². The van der Waals surface area contributed by atoms with Crippen LogP contribution in [0.2, 0.25) is 0 Å². The Labute approximate surface area is 397 Å². The molecule has 6 heteroatoms. The summed E-state index contributed by atoms with van der Waals surface area (Å²) in [6.07, 6.45) is 7.47. The molecule has 4 aromatic heterocycles. The molecule has 12 aromatic rings. The predicted octanol–water partition coefficient (Wildman–Crippen LogP) is 16.3. The van der Waals surface area contributed by atoms with Crippen LogP contribution >= 0.6 is 11.3 Å². The maximum absolute atomic E-state index is 5.39. The van der Waals surface area contributed by atoms with Crippen LogP contribution in [0.25, 0.3) is 115 Å². The first-order chi connectivity index (χ1) is 33.7. The Morgan fingerprint density at radius 1 is 0.441 bits per heavy atom. The average molecular weight is 888 g/mol. The van der Waals surface area contributed by atoms with E-state index in [9.17, 15) is 0 Å². The minimum Gasteiger partial charge on any atom is -0.333 e. The number of thiophene rings is 1. The van der Waals surface area contributed by atoms with E-state index in [0.29, 0.717) is 5.82 Å². The summed E-state index contributed by atoms with van der Waals surface area (Å²) in [5, 5.41) is 3.58. The zero-order valence-corrected chi connectivity index (χ0v) is 37.7. The predicted molar refractivity (Wildman–Crippen MR) is 283 cm³/mol. The van der Waals surface area contributed by atoms with Crippen LogP contribution in [0, 0.1) is 0 Å². The fourth-order valence-electron chi connectivity index (χ4n) is 9.95. The standard InChI is InChI=1S/C62H41N5S/c1-5-18-40(19-6-1)44-34-35-54-51(38-44)57-49(45-26-15-27-46(36-45)61-63-52(41-20-7-2-8-21-41)39-53(64-61)42-22-9-3-10-23-42)31-17-32-55(57)67(54)48-29-16-28-47(37-48)62-65-58(43-24-11-4-12-25-43)60-59(66-62)50-30-13-14-33-56(50)68-60/h1-36,38-39,48H,37H2. The summed E-state index contributed by atoms with van der Waals surface area (Å²) >= 11 is 1.77. The molecule has 0 amide bonds. The van der Waals surface area contributed by atoms with E-state index in [4.69, 9.17) is 19.9 Å². The topological polar surface area (TPSA) is 56.5 Å². The van der Waals surface area contributed by atoms with E-state index >= 15 is 0 Å². The largest absolute Gasteiger partial charge is 0.333 e. The fourth-order valence-corrected chi connectivity index (χ4v) is 11.1. The van der Waals surface area contributed by atoms with Crippen LogP contribution in [0.3, 0.4) is 0 Å². The first-order valence-corrected chi connectivity index (χ1v) is 23.9. The van der Waals surface area contributed by atoms with Gasteiger partial charge in [0.25, 0.3) is 0 Å². The van der Waals surface area contributed by atoms with Crippen LogP contribution in [0.4, 0.5) is 0 Å². The van der Waals surface area contributed by atoms with Gasteiger partial charge >= 0.3 is 0 Å². The van der Waals surface area contributed by atoms with E-state index in [1.54, 1.807) is 11.3 Å². The van der Waals surface area contributed by atoms with Crippen LogP contribution in [0.1, 0.15) is 18.3 Å². The van der Waals surface area contributed by atoms with Gasteiger partial charge in [-0.2, -0.15) is 0 Å². The minimum atomic E-state index is 0.00313. The molecular formula is C62H41N5S. The number of rotatable bonds is 8. The van der Waals surface area contributed by atoms with Crippen molar-refractivity contribution in [1.82, 2.24) is 24.5 Å². The molecule has 13 rings (SSSR count). The van der Waals surface area contributed by atoms with E-state index in [1.165, 1.54) is 37.6 Å². The lowest BCUT2D eigenvalue weighted by Gasteiger charge is -2.22. The van der Waals surface area contributed by atoms with Gasteiger partial charge in [0.1, 0.15) is 0 Å². The number of benzene rings is 8. The van der Waals surface area contributed by atoms with Gasteiger partial charge in [-0.3, -0.25) is 0 Å². The number of allylic oxidation sites excluding steroid dienone is 4. The number of hydrogen-bond donors (Lipinski definition) is 0. The zero-order chi connectivity index (χ0) is 45.0. The number of aromatic nitrogens is 5. The Morgan fingerprint density at radius 3 is 1.81 bits per heavy atom. The molecule has 0 aliphatic heterocycles. The summed E-state index contributed by atoms with van der Waals surface area (Å²) in [6.45, 7) is 0. The van der Waals surface area contributed by atoms with Gasteiger partial charge in [-0.05, 0) is 64.2 Å². The minimum absolute atomic E-state index is 0.00313. The SMILES string of the molecule is C1=CC(n2c3ccc(-c4ccccc4)cc3c3c(-c4cccc(-c5nc(-c6ccccc6)cc(-c6ccccc6)n5)c4)cccc32)CC(c2nc(-c3ccccc3)c3sc4ccccc4c3n2)=C1. The zero-order valence-electron chi connectivity index (χ0n) is 36.9. The molecule has 5 nitrogen and oxygen atoms in total. The molecule has 0 saturated heterocycles. The highest BCUT2D eigenvalue weighted by molar-refractivity contribution is 7.26. The molecule has 320 valence electrons. The molecule has 0 spiro atoms. The molecule has 1 atom stereocenters. The first kappa shape index (κ1) is 39.8. The molecule has 0 saturated carbocycles. The second-order valence-corrected chi connectivity index (χ2v) is 18.4. The molecule has 0 bridgehead atoms. The Morgan fingerprint density at radius 2 is 1.07 bits per heavy atom. The third-order valence-corrected chi connectivity index (χ3v) is 14.3. The Hall–Kier alpha value is -8.58. The molecule has 1 aliphatic rings. The third kappa shape index (κ3) is 7.01. The molecule has 68 heavy (non-hydrogen) atoms. The van der Waals surface area contributed by atoms with Crippen LogP contribution in [-0.2, 0) is 0 Å². The van der Waals surface area contributed by atoms with Gasteiger partial charge in [-0.25, -0.2) is 19.9 Å². The molecule has 4 heterocycles. The van der Waals surface area contributed by atoms with Gasteiger partial charge in [-0.1, -0.05) is 194 Å². The second-order valence-electron chi connectivity index (χ2n) is 17.3. The summed E-state index contributed by atoms with van der Waals surface area (Å²) in [5.74, 6) is 1.46. The highest BCUT2D eigenvalue weighted by Gasteiger charge is 2.25. The van der Waals surface area contributed by atoms with Crippen molar-refractivity contribution in [1.29, 1.82) is 0 Å². The van der Waals surface area contributed by atoms with Crippen molar-refractivity contribution in [3.63, 3.8) is 0 Å². The van der Waals surface area contributed by atoms with Crippen molar-refractivity contribution < 1.29 is 0 Å². The smallest absolute Gasteiger partial charge is 0.160 e. The van der Waals surface area contributed by atoms with Gasteiger partial charge in [0.2, 0.25) is 0 Å². The Kier molecular flexibility index (Phi) is 9.76. The number of fused-ring (bicyclic) bond motifs is 6. The van der Waals surface area contributed by atoms with Crippen molar-refractivity contribution in [3.8, 4) is 67.4 Å². The molecule has 1 unspecified atom stereocenters. The number of nitrogens with zero attached hydrogens (tertiary/aromatic N) is 5. The molecular weight excluding hydrogens is 847 g/mol. The highest BCUT2D eigenvalue weighted by atomic mass is 32.1. The van der Waals surface area contributed by atoms with Crippen molar-refractivity contribution in [2.24, 2.45) is 0 Å². The maximum atomic E-state index is 5.39. The van der Waals surface area contributed by atoms with E-state index in [1.807, 2.05) is 12.1 Å². The lowest BCUT2D eigenvalue weighted by atomic mass is 9.96. The lowest BCUT2D eigenvalue weighted by Crippen LogP contribution is -2.11. The van der Waals surface area contributed by atoms with Gasteiger partial charge in [-0.15, -0.1) is 11.3 Å². The van der Waals surface area contributed by atoms with Crippen molar-refractivity contribution in [2.45, 2.75) is 12.5 Å². The Balaban J connectivity index is 0.960. The summed E-state index contributed by atoms with van der Waals surface area (Å²) in [7, 11) is 0. The highest BCUT2D eigenvalue weighted by Crippen LogP contribution is 2.45. The summed E-state index contributed by atoms with van der Waals surface area (Å²) in [4.78, 5) is 21.2.